The molecule has 0 heterocycles. The predicted molar refractivity (Wildman–Crippen MR) is 115 cm³/mol. The first-order valence-corrected chi connectivity index (χ1v) is 10.3. The zero-order valence-electron chi connectivity index (χ0n) is 16.5. The van der Waals surface area contributed by atoms with Gasteiger partial charge in [0.2, 0.25) is 0 Å². The Bertz CT molecular complexity index is 947. The monoisotopic (exact) mass is 386 g/mol. The molecule has 3 nitrogen and oxygen atoms in total. The van der Waals surface area contributed by atoms with Crippen molar-refractivity contribution in [3.63, 3.8) is 0 Å². The molecule has 0 aromatic heterocycles. The first kappa shape index (κ1) is 19.3. The van der Waals surface area contributed by atoms with Crippen LogP contribution in [0.4, 0.5) is 0 Å². The minimum absolute atomic E-state index is 0.242. The number of carbonyl (C=O) groups is 1. The van der Waals surface area contributed by atoms with Crippen LogP contribution in [0, 0.1) is 0 Å². The summed E-state index contributed by atoms with van der Waals surface area (Å²) in [4.78, 5) is 10.4. The van der Waals surface area contributed by atoms with Gasteiger partial charge < -0.3 is 14.6 Å². The predicted octanol–water partition coefficient (Wildman–Crippen LogP) is 5.61. The third kappa shape index (κ3) is 4.34. The molecular weight excluding hydrogens is 360 g/mol. The van der Waals surface area contributed by atoms with Crippen LogP contribution in [0.2, 0.25) is 0 Å². The van der Waals surface area contributed by atoms with E-state index in [4.69, 9.17) is 4.74 Å². The lowest BCUT2D eigenvalue weighted by atomic mass is 9.69. The van der Waals surface area contributed by atoms with Crippen molar-refractivity contribution in [3.05, 3.63) is 95.1 Å². The highest BCUT2D eigenvalue weighted by Crippen LogP contribution is 2.47. The minimum Gasteiger partial charge on any atom is -0.508 e. The van der Waals surface area contributed by atoms with E-state index in [9.17, 15) is 9.90 Å². The summed E-state index contributed by atoms with van der Waals surface area (Å²) in [6.07, 6.45) is 4.21. The maximum atomic E-state index is 10.4. The summed E-state index contributed by atoms with van der Waals surface area (Å²) in [6.45, 7) is 0.552. The Balaban J connectivity index is 1.65. The number of rotatable bonds is 7. The number of aldehydes is 1. The summed E-state index contributed by atoms with van der Waals surface area (Å²) in [7, 11) is 0. The lowest BCUT2D eigenvalue weighted by Gasteiger charge is -2.34. The second-order valence-electron chi connectivity index (χ2n) is 7.64. The summed E-state index contributed by atoms with van der Waals surface area (Å²) >= 11 is 0. The van der Waals surface area contributed by atoms with Crippen LogP contribution in [0.25, 0.3) is 0 Å². The molecule has 1 N–H and O–H groups in total. The Morgan fingerprint density at radius 3 is 2.52 bits per heavy atom. The SMILES string of the molecule is O=CCCCOc1ccc([C@H]2c3ccc(O)cc3CC[C@H]2c2ccccc2)cc1. The number of carbonyl (C=O) groups excluding carboxylic acids is 1. The molecule has 0 saturated carbocycles. The lowest BCUT2D eigenvalue weighted by molar-refractivity contribution is -0.108. The highest BCUT2D eigenvalue weighted by Gasteiger charge is 2.32. The summed E-state index contributed by atoms with van der Waals surface area (Å²) < 4.78 is 5.76. The zero-order valence-corrected chi connectivity index (χ0v) is 16.5. The van der Waals surface area contributed by atoms with Gasteiger partial charge in [0.25, 0.3) is 0 Å². The molecule has 3 aromatic carbocycles. The Morgan fingerprint density at radius 1 is 0.966 bits per heavy atom. The number of hydrogen-bond donors (Lipinski definition) is 1. The minimum atomic E-state index is 0.242. The zero-order chi connectivity index (χ0) is 20.1. The molecule has 1 aliphatic rings. The van der Waals surface area contributed by atoms with Crippen molar-refractivity contribution in [1.82, 2.24) is 0 Å². The molecule has 0 spiro atoms. The number of aromatic hydroxyl groups is 1. The first-order valence-electron chi connectivity index (χ1n) is 10.3. The Kier molecular flexibility index (Phi) is 5.95. The van der Waals surface area contributed by atoms with E-state index in [2.05, 4.69) is 48.5 Å². The largest absolute Gasteiger partial charge is 0.508 e. The molecule has 2 atom stereocenters. The normalized spacial score (nSPS) is 18.1. The smallest absolute Gasteiger partial charge is 0.120 e. The molecular formula is C26H26O3. The van der Waals surface area contributed by atoms with E-state index in [1.165, 1.54) is 22.3 Å². The standard InChI is InChI=1S/C26H26O3/c27-16-4-5-17-29-23-12-8-20(9-13-23)26-24(19-6-2-1-3-7-19)14-10-21-18-22(28)11-15-25(21)26/h1-3,6-9,11-13,15-16,18,24,26,28H,4-5,10,14,17H2/t24-,26+/m0/s1. The van der Waals surface area contributed by atoms with Crippen LogP contribution in [0.5, 0.6) is 11.5 Å². The van der Waals surface area contributed by atoms with E-state index >= 15 is 0 Å². The van der Waals surface area contributed by atoms with E-state index < -0.39 is 0 Å². The van der Waals surface area contributed by atoms with E-state index in [-0.39, 0.29) is 5.92 Å². The van der Waals surface area contributed by atoms with Crippen LogP contribution in [0.1, 0.15) is 53.4 Å². The van der Waals surface area contributed by atoms with E-state index in [0.717, 1.165) is 31.3 Å². The van der Waals surface area contributed by atoms with Gasteiger partial charge in [-0.2, -0.15) is 0 Å². The molecule has 29 heavy (non-hydrogen) atoms. The summed E-state index contributed by atoms with van der Waals surface area (Å²) in [5.41, 5.74) is 5.13. The molecule has 0 unspecified atom stereocenters. The van der Waals surface area contributed by atoms with Gasteiger partial charge in [0.15, 0.2) is 0 Å². The Morgan fingerprint density at radius 2 is 1.76 bits per heavy atom. The molecule has 0 fully saturated rings. The van der Waals surface area contributed by atoms with Gasteiger partial charge in [0.05, 0.1) is 6.61 Å². The Hall–Kier alpha value is -3.07. The van der Waals surface area contributed by atoms with Crippen LogP contribution < -0.4 is 4.74 Å². The highest BCUT2D eigenvalue weighted by atomic mass is 16.5. The molecule has 1 aliphatic carbocycles. The van der Waals surface area contributed by atoms with Gasteiger partial charge in [-0.25, -0.2) is 0 Å². The fourth-order valence-corrected chi connectivity index (χ4v) is 4.41. The van der Waals surface area contributed by atoms with Crippen molar-refractivity contribution in [1.29, 1.82) is 0 Å². The quantitative estimate of drug-likeness (QED) is 0.424. The number of unbranched alkanes of at least 4 members (excludes halogenated alkanes) is 1. The second-order valence-corrected chi connectivity index (χ2v) is 7.64. The highest BCUT2D eigenvalue weighted by molar-refractivity contribution is 5.49. The molecule has 0 aliphatic heterocycles. The van der Waals surface area contributed by atoms with Crippen LogP contribution in [0.3, 0.4) is 0 Å². The number of hydrogen-bond acceptors (Lipinski definition) is 3. The number of phenolic OH excluding ortho intramolecular Hbond substituents is 1. The van der Waals surface area contributed by atoms with E-state index in [1.54, 1.807) is 6.07 Å². The Labute approximate surface area is 172 Å². The lowest BCUT2D eigenvalue weighted by Crippen LogP contribution is -2.20. The number of aryl methyl sites for hydroxylation is 1. The van der Waals surface area contributed by atoms with Crippen molar-refractivity contribution >= 4 is 6.29 Å². The number of fused-ring (bicyclic) bond motifs is 1. The van der Waals surface area contributed by atoms with Crippen LogP contribution >= 0.6 is 0 Å². The maximum Gasteiger partial charge on any atom is 0.120 e. The third-order valence-corrected chi connectivity index (χ3v) is 5.79. The topological polar surface area (TPSA) is 46.5 Å². The van der Waals surface area contributed by atoms with Crippen molar-refractivity contribution in [2.75, 3.05) is 6.61 Å². The fourth-order valence-electron chi connectivity index (χ4n) is 4.41. The average Bonchev–Trinajstić information content (AvgIpc) is 2.77. The molecule has 0 bridgehead atoms. The van der Waals surface area contributed by atoms with E-state index in [1.807, 2.05) is 18.2 Å². The van der Waals surface area contributed by atoms with Gasteiger partial charge in [-0.05, 0) is 71.7 Å². The molecule has 0 radical (unpaired) electrons. The number of phenols is 1. The van der Waals surface area contributed by atoms with Gasteiger partial charge in [-0.15, -0.1) is 0 Å². The van der Waals surface area contributed by atoms with Crippen molar-refractivity contribution in [3.8, 4) is 11.5 Å². The van der Waals surface area contributed by atoms with Gasteiger partial charge in [-0.1, -0.05) is 48.5 Å². The summed E-state index contributed by atoms with van der Waals surface area (Å²) in [6, 6.07) is 24.8. The van der Waals surface area contributed by atoms with Crippen LogP contribution in [-0.2, 0) is 11.2 Å². The third-order valence-electron chi connectivity index (χ3n) is 5.79. The summed E-state index contributed by atoms with van der Waals surface area (Å²) in [5, 5.41) is 9.95. The summed E-state index contributed by atoms with van der Waals surface area (Å²) in [5.74, 6) is 1.80. The van der Waals surface area contributed by atoms with Gasteiger partial charge in [-0.3, -0.25) is 0 Å². The number of ether oxygens (including phenoxy) is 1. The fraction of sp³-hybridized carbons (Fsp3) is 0.269. The van der Waals surface area contributed by atoms with Crippen molar-refractivity contribution < 1.29 is 14.6 Å². The van der Waals surface area contributed by atoms with Crippen molar-refractivity contribution in [2.24, 2.45) is 0 Å². The number of benzene rings is 3. The molecule has 3 aromatic rings. The maximum absolute atomic E-state index is 10.4. The first-order chi connectivity index (χ1) is 14.3. The molecule has 148 valence electrons. The van der Waals surface area contributed by atoms with Gasteiger partial charge >= 0.3 is 0 Å². The van der Waals surface area contributed by atoms with Crippen LogP contribution in [-0.4, -0.2) is 18.0 Å². The van der Waals surface area contributed by atoms with Crippen LogP contribution in [0.15, 0.2) is 72.8 Å². The average molecular weight is 386 g/mol. The second kappa shape index (κ2) is 8.95. The van der Waals surface area contributed by atoms with Crippen molar-refractivity contribution in [2.45, 2.75) is 37.5 Å². The molecule has 4 rings (SSSR count). The van der Waals surface area contributed by atoms with E-state index in [0.29, 0.717) is 24.7 Å². The van der Waals surface area contributed by atoms with Gasteiger partial charge in [0.1, 0.15) is 17.8 Å². The molecule has 3 heteroatoms. The molecule has 0 amide bonds. The van der Waals surface area contributed by atoms with Gasteiger partial charge in [0, 0.05) is 12.3 Å². The molecule has 0 saturated heterocycles.